The Morgan fingerprint density at radius 1 is 1.33 bits per heavy atom. The molecule has 0 radical (unpaired) electrons. The molecule has 0 aromatic heterocycles. The van der Waals surface area contributed by atoms with Gasteiger partial charge >= 0.3 is 0 Å². The third kappa shape index (κ3) is 3.13. The quantitative estimate of drug-likeness (QED) is 0.819. The fraction of sp³-hybridized carbons (Fsp3) is 0.500. The van der Waals surface area contributed by atoms with Gasteiger partial charge in [-0.1, -0.05) is 43.2 Å². The largest absolute Gasteiger partial charge is 0.307 e. The van der Waals surface area contributed by atoms with Crippen LogP contribution in [0.2, 0.25) is 0 Å². The van der Waals surface area contributed by atoms with Crippen molar-refractivity contribution in [3.05, 3.63) is 35.9 Å². The zero-order valence-electron chi connectivity index (χ0n) is 11.3. The zero-order chi connectivity index (χ0) is 12.8. The molecule has 1 heterocycles. The summed E-state index contributed by atoms with van der Waals surface area (Å²) in [6.07, 6.45) is 1.18. The van der Waals surface area contributed by atoms with E-state index >= 15 is 0 Å². The highest BCUT2D eigenvalue weighted by atomic mass is 15.2. The molecule has 2 heteroatoms. The Labute approximate surface area is 110 Å². The lowest BCUT2D eigenvalue weighted by Gasteiger charge is -2.39. The highest BCUT2D eigenvalue weighted by Gasteiger charge is 2.26. The first kappa shape index (κ1) is 13.1. The molecule has 1 aromatic carbocycles. The molecule has 0 saturated carbocycles. The van der Waals surface area contributed by atoms with E-state index in [2.05, 4.69) is 59.3 Å². The lowest BCUT2D eigenvalue weighted by molar-refractivity contribution is 0.144. The van der Waals surface area contributed by atoms with Crippen LogP contribution in [0.25, 0.3) is 0 Å². The predicted octanol–water partition coefficient (Wildman–Crippen LogP) is 2.43. The zero-order valence-corrected chi connectivity index (χ0v) is 11.3. The smallest absolute Gasteiger partial charge is 0.0605 e. The first-order valence-electron chi connectivity index (χ1n) is 6.77. The molecule has 1 saturated heterocycles. The third-order valence-corrected chi connectivity index (χ3v) is 3.67. The minimum Gasteiger partial charge on any atom is -0.307 e. The van der Waals surface area contributed by atoms with E-state index in [9.17, 15) is 0 Å². The summed E-state index contributed by atoms with van der Waals surface area (Å²) in [7, 11) is 0. The average molecular weight is 242 g/mol. The minimum absolute atomic E-state index is 0.438. The number of nitrogens with one attached hydrogen (secondary N) is 1. The summed E-state index contributed by atoms with van der Waals surface area (Å²) in [5.41, 5.74) is 1.38. The molecule has 2 unspecified atom stereocenters. The molecule has 0 bridgehead atoms. The van der Waals surface area contributed by atoms with Gasteiger partial charge in [-0.05, 0) is 18.9 Å². The Morgan fingerprint density at radius 3 is 2.78 bits per heavy atom. The van der Waals surface area contributed by atoms with E-state index in [4.69, 9.17) is 0 Å². The van der Waals surface area contributed by atoms with E-state index in [0.29, 0.717) is 12.1 Å². The molecule has 2 rings (SSSR count). The Bertz CT molecular complexity index is 416. The van der Waals surface area contributed by atoms with Gasteiger partial charge in [0.25, 0.3) is 0 Å². The molecule has 96 valence electrons. The Kier molecular flexibility index (Phi) is 4.81. The molecular weight excluding hydrogens is 220 g/mol. The molecule has 0 aliphatic carbocycles. The maximum Gasteiger partial charge on any atom is 0.0605 e. The van der Waals surface area contributed by atoms with Gasteiger partial charge in [-0.2, -0.15) is 0 Å². The Hall–Kier alpha value is -1.30. The summed E-state index contributed by atoms with van der Waals surface area (Å²) in [5, 5.41) is 3.65. The summed E-state index contributed by atoms with van der Waals surface area (Å²) in [6, 6.07) is 11.7. The number of piperazine rings is 1. The second kappa shape index (κ2) is 6.58. The molecule has 1 N–H and O–H groups in total. The molecule has 0 amide bonds. The van der Waals surface area contributed by atoms with E-state index in [-0.39, 0.29) is 0 Å². The monoisotopic (exact) mass is 242 g/mol. The molecule has 1 fully saturated rings. The van der Waals surface area contributed by atoms with Crippen molar-refractivity contribution in [1.29, 1.82) is 0 Å². The molecule has 2 nitrogen and oxygen atoms in total. The fourth-order valence-corrected chi connectivity index (χ4v) is 2.54. The van der Waals surface area contributed by atoms with Crippen molar-refractivity contribution in [3.63, 3.8) is 0 Å². The maximum absolute atomic E-state index is 3.65. The third-order valence-electron chi connectivity index (χ3n) is 3.67. The molecular formula is C16H22N2. The predicted molar refractivity (Wildman–Crippen MR) is 76.3 cm³/mol. The summed E-state index contributed by atoms with van der Waals surface area (Å²) < 4.78 is 0. The normalized spacial score (nSPS) is 24.3. The minimum atomic E-state index is 0.438. The first-order valence-corrected chi connectivity index (χ1v) is 6.77. The number of benzene rings is 1. The topological polar surface area (TPSA) is 15.3 Å². The van der Waals surface area contributed by atoms with Gasteiger partial charge in [0.05, 0.1) is 6.54 Å². The number of rotatable bonds is 3. The molecule has 2 atom stereocenters. The van der Waals surface area contributed by atoms with Crippen LogP contribution in [-0.2, 0) is 0 Å². The summed E-state index contributed by atoms with van der Waals surface area (Å²) in [6.45, 7) is 7.16. The van der Waals surface area contributed by atoms with Gasteiger partial charge in [-0.3, -0.25) is 4.90 Å². The van der Waals surface area contributed by atoms with E-state index in [0.717, 1.165) is 19.6 Å². The lowest BCUT2D eigenvalue weighted by Crippen LogP contribution is -2.52. The van der Waals surface area contributed by atoms with Gasteiger partial charge in [0.15, 0.2) is 0 Å². The van der Waals surface area contributed by atoms with Crippen molar-refractivity contribution in [3.8, 4) is 11.8 Å². The van der Waals surface area contributed by atoms with E-state index in [1.807, 2.05) is 6.92 Å². The summed E-state index contributed by atoms with van der Waals surface area (Å²) >= 11 is 0. The number of hydrogen-bond acceptors (Lipinski definition) is 2. The second-order valence-electron chi connectivity index (χ2n) is 4.79. The maximum atomic E-state index is 3.65. The van der Waals surface area contributed by atoms with E-state index in [1.54, 1.807) is 0 Å². The fourth-order valence-electron chi connectivity index (χ4n) is 2.54. The van der Waals surface area contributed by atoms with Gasteiger partial charge < -0.3 is 5.32 Å². The summed E-state index contributed by atoms with van der Waals surface area (Å²) in [5.74, 6) is 6.20. The second-order valence-corrected chi connectivity index (χ2v) is 4.79. The van der Waals surface area contributed by atoms with Crippen LogP contribution in [0.15, 0.2) is 30.3 Å². The van der Waals surface area contributed by atoms with Crippen LogP contribution in [0.5, 0.6) is 0 Å². The van der Waals surface area contributed by atoms with E-state index in [1.165, 1.54) is 12.0 Å². The van der Waals surface area contributed by atoms with Crippen molar-refractivity contribution in [2.45, 2.75) is 32.4 Å². The molecule has 1 aliphatic rings. The van der Waals surface area contributed by atoms with Crippen LogP contribution in [0, 0.1) is 11.8 Å². The average Bonchev–Trinajstić information content (AvgIpc) is 2.45. The van der Waals surface area contributed by atoms with Crippen LogP contribution in [0.1, 0.15) is 31.9 Å². The Morgan fingerprint density at radius 2 is 2.11 bits per heavy atom. The Balaban J connectivity index is 2.06. The van der Waals surface area contributed by atoms with Crippen molar-refractivity contribution in [2.75, 3.05) is 19.6 Å². The van der Waals surface area contributed by atoms with Crippen molar-refractivity contribution in [1.82, 2.24) is 10.2 Å². The van der Waals surface area contributed by atoms with Crippen LogP contribution in [0.4, 0.5) is 0 Å². The van der Waals surface area contributed by atoms with Crippen molar-refractivity contribution >= 4 is 0 Å². The van der Waals surface area contributed by atoms with Crippen LogP contribution < -0.4 is 5.32 Å². The number of hydrogen-bond donors (Lipinski definition) is 1. The van der Waals surface area contributed by atoms with Gasteiger partial charge in [0.1, 0.15) is 0 Å². The summed E-state index contributed by atoms with van der Waals surface area (Å²) in [4.78, 5) is 2.50. The highest BCUT2D eigenvalue weighted by molar-refractivity contribution is 5.20. The lowest BCUT2D eigenvalue weighted by atomic mass is 10.0. The standard InChI is InChI=1S/C16H22N2/c1-3-5-11-18-13-16(17-12-15(18)4-2)14-9-7-6-8-10-14/h6-10,15-17H,4,11-13H2,1-2H3. The molecule has 18 heavy (non-hydrogen) atoms. The first-order chi connectivity index (χ1) is 8.85. The van der Waals surface area contributed by atoms with Gasteiger partial charge in [0, 0.05) is 25.2 Å². The number of nitrogens with zero attached hydrogens (tertiary/aromatic N) is 1. The molecule has 1 aliphatic heterocycles. The van der Waals surface area contributed by atoms with E-state index < -0.39 is 0 Å². The van der Waals surface area contributed by atoms with Crippen LogP contribution in [-0.4, -0.2) is 30.6 Å². The van der Waals surface area contributed by atoms with Gasteiger partial charge in [-0.15, -0.1) is 5.92 Å². The van der Waals surface area contributed by atoms with Gasteiger partial charge in [0.2, 0.25) is 0 Å². The van der Waals surface area contributed by atoms with Crippen molar-refractivity contribution < 1.29 is 0 Å². The molecule has 0 spiro atoms. The van der Waals surface area contributed by atoms with Crippen molar-refractivity contribution in [2.24, 2.45) is 0 Å². The molecule has 1 aromatic rings. The van der Waals surface area contributed by atoms with Crippen LogP contribution in [0.3, 0.4) is 0 Å². The van der Waals surface area contributed by atoms with Gasteiger partial charge in [-0.25, -0.2) is 0 Å². The van der Waals surface area contributed by atoms with Crippen LogP contribution >= 0.6 is 0 Å². The highest BCUT2D eigenvalue weighted by Crippen LogP contribution is 2.20. The SMILES string of the molecule is CC#CCN1CC(c2ccccc2)NCC1CC.